The van der Waals surface area contributed by atoms with Crippen LogP contribution in [0.4, 0.5) is 4.39 Å². The third kappa shape index (κ3) is 2.09. The molecular weight excluding hydrogens is 155 g/mol. The molecule has 2 heteroatoms. The number of hydrogen-bond donors (Lipinski definition) is 0. The van der Waals surface area contributed by atoms with Crippen molar-refractivity contribution < 1.29 is 9.13 Å². The van der Waals surface area contributed by atoms with E-state index in [1.54, 1.807) is 18.2 Å². The molecule has 1 nitrogen and oxygen atoms in total. The zero-order valence-electron chi connectivity index (χ0n) is 7.17. The highest BCUT2D eigenvalue weighted by atomic mass is 19.1. The van der Waals surface area contributed by atoms with Gasteiger partial charge in [0, 0.05) is 5.56 Å². The van der Waals surface area contributed by atoms with Crippen LogP contribution in [0.25, 0.3) is 6.08 Å². The zero-order chi connectivity index (χ0) is 8.97. The van der Waals surface area contributed by atoms with Crippen molar-refractivity contribution in [1.29, 1.82) is 0 Å². The standard InChI is InChI=1S/C10H11FO/c1-8-3-4-10(11)9(7-8)5-6-12-2/h3-7H,1-2H3. The lowest BCUT2D eigenvalue weighted by molar-refractivity contribution is 0.341. The molecule has 0 heterocycles. The Morgan fingerprint density at radius 3 is 2.83 bits per heavy atom. The van der Waals surface area contributed by atoms with E-state index in [9.17, 15) is 4.39 Å². The Morgan fingerprint density at radius 2 is 2.17 bits per heavy atom. The van der Waals surface area contributed by atoms with Gasteiger partial charge in [-0.05, 0) is 25.1 Å². The largest absolute Gasteiger partial charge is 0.504 e. The Morgan fingerprint density at radius 1 is 1.42 bits per heavy atom. The molecule has 0 spiro atoms. The third-order valence-electron chi connectivity index (χ3n) is 1.54. The minimum absolute atomic E-state index is 0.228. The fourth-order valence-corrected chi connectivity index (χ4v) is 0.932. The number of ether oxygens (including phenoxy) is 1. The molecule has 64 valence electrons. The van der Waals surface area contributed by atoms with Crippen LogP contribution in [0.5, 0.6) is 0 Å². The van der Waals surface area contributed by atoms with E-state index in [4.69, 9.17) is 4.74 Å². The Bertz CT molecular complexity index is 292. The first-order chi connectivity index (χ1) is 5.74. The summed E-state index contributed by atoms with van der Waals surface area (Å²) in [7, 11) is 1.53. The van der Waals surface area contributed by atoms with Crippen molar-refractivity contribution in [3.05, 3.63) is 41.4 Å². The molecular formula is C10H11FO. The average Bonchev–Trinajstić information content (AvgIpc) is 2.07. The molecule has 0 amide bonds. The van der Waals surface area contributed by atoms with E-state index in [1.807, 2.05) is 6.92 Å². The number of benzene rings is 1. The van der Waals surface area contributed by atoms with Crippen molar-refractivity contribution >= 4 is 6.08 Å². The molecule has 0 aliphatic carbocycles. The van der Waals surface area contributed by atoms with Gasteiger partial charge < -0.3 is 4.74 Å². The first kappa shape index (κ1) is 8.78. The zero-order valence-corrected chi connectivity index (χ0v) is 7.17. The topological polar surface area (TPSA) is 9.23 Å². The predicted molar refractivity (Wildman–Crippen MR) is 47.2 cm³/mol. The minimum atomic E-state index is -0.228. The molecule has 0 N–H and O–H groups in total. The molecule has 0 atom stereocenters. The fourth-order valence-electron chi connectivity index (χ4n) is 0.932. The molecule has 0 aliphatic heterocycles. The summed E-state index contributed by atoms with van der Waals surface area (Å²) in [5.74, 6) is -0.228. The van der Waals surface area contributed by atoms with E-state index in [2.05, 4.69) is 0 Å². The summed E-state index contributed by atoms with van der Waals surface area (Å²) in [6.07, 6.45) is 3.06. The van der Waals surface area contributed by atoms with Crippen LogP contribution in [0.3, 0.4) is 0 Å². The lowest BCUT2D eigenvalue weighted by Crippen LogP contribution is -1.83. The molecule has 0 bridgehead atoms. The average molecular weight is 166 g/mol. The third-order valence-corrected chi connectivity index (χ3v) is 1.54. The van der Waals surface area contributed by atoms with Crippen molar-refractivity contribution in [3.63, 3.8) is 0 Å². The Labute approximate surface area is 71.5 Å². The Balaban J connectivity index is 2.97. The lowest BCUT2D eigenvalue weighted by atomic mass is 10.1. The molecule has 1 aromatic carbocycles. The van der Waals surface area contributed by atoms with Gasteiger partial charge in [0.1, 0.15) is 5.82 Å². The van der Waals surface area contributed by atoms with E-state index >= 15 is 0 Å². The first-order valence-corrected chi connectivity index (χ1v) is 3.69. The van der Waals surface area contributed by atoms with Crippen LogP contribution in [0.1, 0.15) is 11.1 Å². The molecule has 0 aliphatic rings. The molecule has 0 radical (unpaired) electrons. The molecule has 1 rings (SSSR count). The Kier molecular flexibility index (Phi) is 2.86. The summed E-state index contributed by atoms with van der Waals surface area (Å²) in [4.78, 5) is 0. The van der Waals surface area contributed by atoms with Gasteiger partial charge in [0.25, 0.3) is 0 Å². The maximum Gasteiger partial charge on any atom is 0.130 e. The van der Waals surface area contributed by atoms with Gasteiger partial charge in [0.15, 0.2) is 0 Å². The van der Waals surface area contributed by atoms with Gasteiger partial charge in [-0.1, -0.05) is 11.6 Å². The monoisotopic (exact) mass is 166 g/mol. The van der Waals surface area contributed by atoms with E-state index in [1.165, 1.54) is 19.4 Å². The maximum absolute atomic E-state index is 13.0. The van der Waals surface area contributed by atoms with E-state index < -0.39 is 0 Å². The maximum atomic E-state index is 13.0. The van der Waals surface area contributed by atoms with Gasteiger partial charge in [0.05, 0.1) is 13.4 Å². The van der Waals surface area contributed by atoms with Gasteiger partial charge in [-0.25, -0.2) is 4.39 Å². The number of halogens is 1. The number of rotatable bonds is 2. The molecule has 0 unspecified atom stereocenters. The molecule has 0 saturated carbocycles. The smallest absolute Gasteiger partial charge is 0.130 e. The van der Waals surface area contributed by atoms with Crippen LogP contribution < -0.4 is 0 Å². The van der Waals surface area contributed by atoms with E-state index in [0.717, 1.165) is 5.56 Å². The van der Waals surface area contributed by atoms with Crippen molar-refractivity contribution in [2.45, 2.75) is 6.92 Å². The molecule has 12 heavy (non-hydrogen) atoms. The summed E-state index contributed by atoms with van der Waals surface area (Å²) in [5.41, 5.74) is 1.59. The molecule has 1 aromatic rings. The highest BCUT2D eigenvalue weighted by molar-refractivity contribution is 5.50. The van der Waals surface area contributed by atoms with Crippen molar-refractivity contribution in [2.24, 2.45) is 0 Å². The predicted octanol–water partition coefficient (Wildman–Crippen LogP) is 2.75. The van der Waals surface area contributed by atoms with Gasteiger partial charge in [-0.3, -0.25) is 0 Å². The van der Waals surface area contributed by atoms with Crippen LogP contribution in [-0.2, 0) is 4.74 Å². The molecule has 0 fully saturated rings. The van der Waals surface area contributed by atoms with E-state index in [-0.39, 0.29) is 5.82 Å². The van der Waals surface area contributed by atoms with Gasteiger partial charge >= 0.3 is 0 Å². The van der Waals surface area contributed by atoms with Crippen LogP contribution in [0, 0.1) is 12.7 Å². The Hall–Kier alpha value is -1.31. The van der Waals surface area contributed by atoms with Crippen molar-refractivity contribution in [3.8, 4) is 0 Å². The second-order valence-corrected chi connectivity index (χ2v) is 2.56. The molecule has 0 saturated heterocycles. The normalized spacial score (nSPS) is 10.6. The van der Waals surface area contributed by atoms with Crippen LogP contribution in [0.2, 0.25) is 0 Å². The summed E-state index contributed by atoms with van der Waals surface area (Å²) < 4.78 is 17.7. The van der Waals surface area contributed by atoms with Crippen molar-refractivity contribution in [1.82, 2.24) is 0 Å². The number of hydrogen-bond acceptors (Lipinski definition) is 1. The van der Waals surface area contributed by atoms with Gasteiger partial charge in [-0.2, -0.15) is 0 Å². The summed E-state index contributed by atoms with van der Waals surface area (Å²) in [6, 6.07) is 4.95. The van der Waals surface area contributed by atoms with Crippen molar-refractivity contribution in [2.75, 3.05) is 7.11 Å². The van der Waals surface area contributed by atoms with Gasteiger partial charge in [-0.15, -0.1) is 0 Å². The van der Waals surface area contributed by atoms with Crippen LogP contribution in [-0.4, -0.2) is 7.11 Å². The lowest BCUT2D eigenvalue weighted by Gasteiger charge is -1.97. The SMILES string of the molecule is COC=Cc1cc(C)ccc1F. The van der Waals surface area contributed by atoms with E-state index in [0.29, 0.717) is 5.56 Å². The van der Waals surface area contributed by atoms with Crippen LogP contribution >= 0.6 is 0 Å². The fraction of sp³-hybridized carbons (Fsp3) is 0.200. The van der Waals surface area contributed by atoms with Crippen LogP contribution in [0.15, 0.2) is 24.5 Å². The quantitative estimate of drug-likeness (QED) is 0.614. The summed E-state index contributed by atoms with van der Waals surface area (Å²) in [5, 5.41) is 0. The highest BCUT2D eigenvalue weighted by Gasteiger charge is 1.96. The molecule has 0 aromatic heterocycles. The first-order valence-electron chi connectivity index (χ1n) is 3.69. The number of methoxy groups -OCH3 is 1. The van der Waals surface area contributed by atoms with Gasteiger partial charge in [0.2, 0.25) is 0 Å². The minimum Gasteiger partial charge on any atom is -0.504 e. The number of aryl methyl sites for hydroxylation is 1. The summed E-state index contributed by atoms with van der Waals surface area (Å²) in [6.45, 7) is 1.92. The second-order valence-electron chi connectivity index (χ2n) is 2.56. The summed E-state index contributed by atoms with van der Waals surface area (Å²) >= 11 is 0. The highest BCUT2D eigenvalue weighted by Crippen LogP contribution is 2.11. The second kappa shape index (κ2) is 3.90.